The van der Waals surface area contributed by atoms with Crippen LogP contribution in [0.4, 0.5) is 5.69 Å². The van der Waals surface area contributed by atoms with Crippen molar-refractivity contribution >= 4 is 35.2 Å². The summed E-state index contributed by atoms with van der Waals surface area (Å²) in [5.74, 6) is -1.70. The molecule has 0 aliphatic carbocycles. The maximum absolute atomic E-state index is 12.4. The number of nitrogens with zero attached hydrogens (tertiary/aromatic N) is 1. The van der Waals surface area contributed by atoms with Gasteiger partial charge in [-0.15, -0.1) is 0 Å². The number of benzene rings is 2. The number of aromatic hydroxyl groups is 2. The molecule has 1 heterocycles. The van der Waals surface area contributed by atoms with E-state index in [4.69, 9.17) is 11.6 Å². The fraction of sp³-hybridized carbons (Fsp3) is 0. The van der Waals surface area contributed by atoms with Gasteiger partial charge in [-0.05, 0) is 48.0 Å². The summed E-state index contributed by atoms with van der Waals surface area (Å²) >= 11 is 5.80. The lowest BCUT2D eigenvalue weighted by atomic mass is 10.1. The van der Waals surface area contributed by atoms with Gasteiger partial charge in [-0.3, -0.25) is 15.0 Å². The van der Waals surface area contributed by atoms with Gasteiger partial charge in [0.25, 0.3) is 11.8 Å². The van der Waals surface area contributed by atoms with E-state index in [0.29, 0.717) is 16.3 Å². The zero-order valence-corrected chi connectivity index (χ0v) is 12.4. The summed E-state index contributed by atoms with van der Waals surface area (Å²) < 4.78 is 0. The third-order valence-electron chi connectivity index (χ3n) is 3.29. The van der Waals surface area contributed by atoms with Gasteiger partial charge in [-0.2, -0.15) is 0 Å². The molecule has 1 saturated heterocycles. The average Bonchev–Trinajstić information content (AvgIpc) is 2.80. The monoisotopic (exact) mass is 330 g/mol. The molecule has 0 atom stereocenters. The van der Waals surface area contributed by atoms with Gasteiger partial charge in [-0.1, -0.05) is 17.7 Å². The van der Waals surface area contributed by atoms with E-state index in [1.807, 2.05) is 0 Å². The third kappa shape index (κ3) is 2.84. The maximum Gasteiger partial charge on any atom is 0.282 e. The molecule has 1 aliphatic rings. The molecule has 0 aromatic heterocycles. The predicted octanol–water partition coefficient (Wildman–Crippen LogP) is 2.21. The molecule has 7 heteroatoms. The Morgan fingerprint density at radius 2 is 1.70 bits per heavy atom. The van der Waals surface area contributed by atoms with Crippen LogP contribution in [0, 0.1) is 0 Å². The Bertz CT molecular complexity index is 830. The number of nitrogens with one attached hydrogen (secondary N) is 1. The van der Waals surface area contributed by atoms with Crippen LogP contribution in [0.1, 0.15) is 5.56 Å². The van der Waals surface area contributed by atoms with Crippen LogP contribution in [0.15, 0.2) is 48.0 Å². The zero-order valence-electron chi connectivity index (χ0n) is 11.7. The van der Waals surface area contributed by atoms with Crippen LogP contribution in [0.5, 0.6) is 11.5 Å². The molecule has 2 aromatic rings. The quantitative estimate of drug-likeness (QED) is 0.447. The van der Waals surface area contributed by atoms with Gasteiger partial charge >= 0.3 is 0 Å². The zero-order chi connectivity index (χ0) is 16.6. The van der Waals surface area contributed by atoms with E-state index in [1.165, 1.54) is 24.3 Å². The van der Waals surface area contributed by atoms with Crippen LogP contribution < -0.4 is 10.4 Å². The number of hydrogen-bond donors (Lipinski definition) is 3. The van der Waals surface area contributed by atoms with Crippen LogP contribution in [-0.4, -0.2) is 22.0 Å². The maximum atomic E-state index is 12.4. The molecule has 0 radical (unpaired) electrons. The molecular weight excluding hydrogens is 320 g/mol. The van der Waals surface area contributed by atoms with Crippen molar-refractivity contribution in [2.24, 2.45) is 0 Å². The molecule has 6 nitrogen and oxygen atoms in total. The Balaban J connectivity index is 1.93. The standard InChI is InChI=1S/C16H11ClN2O4/c17-10-2-4-11(5-3-10)19-16(23)12(15(22)18-19)7-9-1-6-13(20)14(21)8-9/h1-8,20-21H,(H,18,22)/b12-7+. The number of halogens is 1. The van der Waals surface area contributed by atoms with Crippen LogP contribution in [0.3, 0.4) is 0 Å². The Morgan fingerprint density at radius 3 is 2.35 bits per heavy atom. The number of rotatable bonds is 2. The first-order chi connectivity index (χ1) is 11.0. The molecule has 0 unspecified atom stereocenters. The molecule has 0 saturated carbocycles. The van der Waals surface area contributed by atoms with E-state index in [2.05, 4.69) is 5.43 Å². The number of carbonyl (C=O) groups is 2. The van der Waals surface area contributed by atoms with Crippen molar-refractivity contribution in [3.8, 4) is 11.5 Å². The average molecular weight is 331 g/mol. The summed E-state index contributed by atoms with van der Waals surface area (Å²) in [5.41, 5.74) is 3.27. The number of anilines is 1. The summed E-state index contributed by atoms with van der Waals surface area (Å²) in [7, 11) is 0. The highest BCUT2D eigenvalue weighted by Crippen LogP contribution is 2.27. The number of carbonyl (C=O) groups excluding carboxylic acids is 2. The molecule has 1 aliphatic heterocycles. The molecule has 116 valence electrons. The minimum Gasteiger partial charge on any atom is -0.504 e. The predicted molar refractivity (Wildman–Crippen MR) is 84.8 cm³/mol. The summed E-state index contributed by atoms with van der Waals surface area (Å²) in [6.07, 6.45) is 1.34. The highest BCUT2D eigenvalue weighted by Gasteiger charge is 2.34. The SMILES string of the molecule is O=C1NN(c2ccc(Cl)cc2)C(=O)/C1=C/c1ccc(O)c(O)c1. The Morgan fingerprint density at radius 1 is 1.00 bits per heavy atom. The van der Waals surface area contributed by atoms with Crippen molar-refractivity contribution in [2.45, 2.75) is 0 Å². The topological polar surface area (TPSA) is 89.9 Å². The molecule has 3 N–H and O–H groups in total. The number of hydrazine groups is 1. The Kier molecular flexibility index (Phi) is 3.67. The van der Waals surface area contributed by atoms with Crippen molar-refractivity contribution < 1.29 is 19.8 Å². The largest absolute Gasteiger partial charge is 0.504 e. The number of hydrogen-bond acceptors (Lipinski definition) is 4. The molecular formula is C16H11ClN2O4. The fourth-order valence-electron chi connectivity index (χ4n) is 2.13. The van der Waals surface area contributed by atoms with Gasteiger partial charge in [0, 0.05) is 5.02 Å². The molecule has 0 bridgehead atoms. The summed E-state index contributed by atoms with van der Waals surface area (Å²) in [6, 6.07) is 10.4. The fourth-order valence-corrected chi connectivity index (χ4v) is 2.25. The van der Waals surface area contributed by atoms with Gasteiger partial charge in [-0.25, -0.2) is 5.01 Å². The van der Waals surface area contributed by atoms with Crippen molar-refractivity contribution in [3.05, 3.63) is 58.6 Å². The number of phenols is 2. The molecule has 2 amide bonds. The normalized spacial score (nSPS) is 16.0. The van der Waals surface area contributed by atoms with Crippen molar-refractivity contribution in [2.75, 3.05) is 5.01 Å². The number of amides is 2. The minimum absolute atomic E-state index is 0.0787. The highest BCUT2D eigenvalue weighted by molar-refractivity contribution is 6.32. The summed E-state index contributed by atoms with van der Waals surface area (Å²) in [4.78, 5) is 24.4. The highest BCUT2D eigenvalue weighted by atomic mass is 35.5. The second-order valence-electron chi connectivity index (χ2n) is 4.86. The van der Waals surface area contributed by atoms with Gasteiger partial charge < -0.3 is 10.2 Å². The molecule has 3 rings (SSSR count). The van der Waals surface area contributed by atoms with E-state index in [-0.39, 0.29) is 17.1 Å². The van der Waals surface area contributed by atoms with Crippen LogP contribution >= 0.6 is 11.6 Å². The lowest BCUT2D eigenvalue weighted by Gasteiger charge is -2.14. The summed E-state index contributed by atoms with van der Waals surface area (Å²) in [6.45, 7) is 0. The van der Waals surface area contributed by atoms with E-state index in [0.717, 1.165) is 5.01 Å². The van der Waals surface area contributed by atoms with Gasteiger partial charge in [0.2, 0.25) is 0 Å². The first kappa shape index (κ1) is 14.9. The van der Waals surface area contributed by atoms with Crippen LogP contribution in [0.2, 0.25) is 5.02 Å². The Hall–Kier alpha value is -2.99. The van der Waals surface area contributed by atoms with Crippen LogP contribution in [-0.2, 0) is 9.59 Å². The minimum atomic E-state index is -0.558. The molecule has 0 spiro atoms. The molecule has 23 heavy (non-hydrogen) atoms. The van der Waals surface area contributed by atoms with Crippen molar-refractivity contribution in [1.29, 1.82) is 0 Å². The summed E-state index contributed by atoms with van der Waals surface area (Å²) in [5, 5.41) is 20.4. The van der Waals surface area contributed by atoms with E-state index >= 15 is 0 Å². The first-order valence-corrected chi connectivity index (χ1v) is 6.98. The Labute approximate surface area is 136 Å². The van der Waals surface area contributed by atoms with E-state index < -0.39 is 11.8 Å². The van der Waals surface area contributed by atoms with E-state index in [1.54, 1.807) is 24.3 Å². The lowest BCUT2D eigenvalue weighted by Crippen LogP contribution is -2.35. The van der Waals surface area contributed by atoms with Crippen LogP contribution in [0.25, 0.3) is 6.08 Å². The van der Waals surface area contributed by atoms with E-state index in [9.17, 15) is 19.8 Å². The van der Waals surface area contributed by atoms with Gasteiger partial charge in [0.1, 0.15) is 5.57 Å². The van der Waals surface area contributed by atoms with Gasteiger partial charge in [0.15, 0.2) is 11.5 Å². The smallest absolute Gasteiger partial charge is 0.282 e. The molecule has 2 aromatic carbocycles. The number of phenolic OH excluding ortho intramolecular Hbond substituents is 2. The first-order valence-electron chi connectivity index (χ1n) is 6.60. The third-order valence-corrected chi connectivity index (χ3v) is 3.54. The lowest BCUT2D eigenvalue weighted by molar-refractivity contribution is -0.117. The molecule has 1 fully saturated rings. The van der Waals surface area contributed by atoms with Gasteiger partial charge in [0.05, 0.1) is 5.69 Å². The second kappa shape index (κ2) is 5.66. The van der Waals surface area contributed by atoms with Crippen molar-refractivity contribution in [1.82, 2.24) is 5.43 Å². The van der Waals surface area contributed by atoms with Crippen molar-refractivity contribution in [3.63, 3.8) is 0 Å². The second-order valence-corrected chi connectivity index (χ2v) is 5.30.